The number of hydrogen-bond donors (Lipinski definition) is 1. The van der Waals surface area contributed by atoms with Crippen LogP contribution in [0.25, 0.3) is 0 Å². The molecule has 0 aliphatic heterocycles. The molecule has 0 heterocycles. The van der Waals surface area contributed by atoms with Crippen LogP contribution in [-0.2, 0) is 4.79 Å². The second-order valence-electron chi connectivity index (χ2n) is 3.55. The number of carbonyl (C=O) groups is 1. The fraction of sp³-hybridized carbons (Fsp3) is 0.364. The number of rotatable bonds is 3. The highest BCUT2D eigenvalue weighted by molar-refractivity contribution is 6.35. The Balaban J connectivity index is 2.96. The number of hydrogen-bond acceptors (Lipinski definition) is 2. The lowest BCUT2D eigenvalue weighted by Gasteiger charge is -2.25. The maximum Gasteiger partial charge on any atom is 0.236 e. The van der Waals surface area contributed by atoms with Gasteiger partial charge in [0, 0.05) is 17.1 Å². The van der Waals surface area contributed by atoms with Crippen molar-refractivity contribution >= 4 is 29.1 Å². The van der Waals surface area contributed by atoms with Crippen LogP contribution in [0.2, 0.25) is 10.0 Å². The molecule has 3 nitrogen and oxygen atoms in total. The number of likely N-dealkylation sites (N-methyl/N-ethyl adjacent to an activating group) is 1. The fourth-order valence-electron chi connectivity index (χ4n) is 1.41. The minimum Gasteiger partial charge on any atom is -0.338 e. The quantitative estimate of drug-likeness (QED) is 0.908. The highest BCUT2D eigenvalue weighted by atomic mass is 35.5. The molecule has 0 fully saturated rings. The first-order valence-electron chi connectivity index (χ1n) is 4.88. The van der Waals surface area contributed by atoms with Gasteiger partial charge < -0.3 is 10.6 Å². The van der Waals surface area contributed by atoms with Gasteiger partial charge in [-0.2, -0.15) is 0 Å². The molecule has 5 heteroatoms. The van der Waals surface area contributed by atoms with E-state index in [1.165, 1.54) is 0 Å². The van der Waals surface area contributed by atoms with E-state index in [9.17, 15) is 4.79 Å². The molecule has 0 bridgehead atoms. The summed E-state index contributed by atoms with van der Waals surface area (Å²) in [5, 5.41) is 1.13. The van der Waals surface area contributed by atoms with Crippen LogP contribution in [0.15, 0.2) is 18.2 Å². The van der Waals surface area contributed by atoms with Gasteiger partial charge >= 0.3 is 0 Å². The average Bonchev–Trinajstić information content (AvgIpc) is 2.26. The van der Waals surface area contributed by atoms with Crippen molar-refractivity contribution in [2.45, 2.75) is 13.0 Å². The third kappa shape index (κ3) is 2.88. The van der Waals surface area contributed by atoms with Gasteiger partial charge in [0.15, 0.2) is 0 Å². The van der Waals surface area contributed by atoms with Gasteiger partial charge in [0.2, 0.25) is 5.91 Å². The summed E-state index contributed by atoms with van der Waals surface area (Å²) in [6, 6.07) is 5.10. The van der Waals surface area contributed by atoms with Gasteiger partial charge in [-0.1, -0.05) is 29.3 Å². The molecule has 0 aliphatic rings. The SMILES string of the molecule is CC(c1ccc(Cl)cc1Cl)N(C)C(=O)CN. The van der Waals surface area contributed by atoms with Crippen LogP contribution in [0.3, 0.4) is 0 Å². The third-order valence-electron chi connectivity index (χ3n) is 2.56. The predicted molar refractivity (Wildman–Crippen MR) is 66.7 cm³/mol. The Morgan fingerprint density at radius 3 is 2.62 bits per heavy atom. The van der Waals surface area contributed by atoms with Gasteiger partial charge in [-0.3, -0.25) is 4.79 Å². The molecule has 0 saturated carbocycles. The third-order valence-corrected chi connectivity index (χ3v) is 3.12. The van der Waals surface area contributed by atoms with E-state index in [1.54, 1.807) is 24.1 Å². The van der Waals surface area contributed by atoms with Crippen molar-refractivity contribution in [1.29, 1.82) is 0 Å². The van der Waals surface area contributed by atoms with Crippen molar-refractivity contribution in [2.75, 3.05) is 13.6 Å². The van der Waals surface area contributed by atoms with E-state index in [-0.39, 0.29) is 18.5 Å². The second kappa shape index (κ2) is 5.53. The van der Waals surface area contributed by atoms with Crippen molar-refractivity contribution in [1.82, 2.24) is 4.90 Å². The molecule has 1 unspecified atom stereocenters. The van der Waals surface area contributed by atoms with Crippen molar-refractivity contribution in [3.05, 3.63) is 33.8 Å². The molecule has 1 amide bonds. The van der Waals surface area contributed by atoms with E-state index in [0.29, 0.717) is 10.0 Å². The van der Waals surface area contributed by atoms with Crippen LogP contribution in [-0.4, -0.2) is 24.4 Å². The first-order valence-corrected chi connectivity index (χ1v) is 5.63. The Morgan fingerprint density at radius 1 is 1.50 bits per heavy atom. The molecule has 88 valence electrons. The molecule has 0 saturated heterocycles. The largest absolute Gasteiger partial charge is 0.338 e. The van der Waals surface area contributed by atoms with Gasteiger partial charge in [0.05, 0.1) is 12.6 Å². The maximum atomic E-state index is 11.4. The number of nitrogens with two attached hydrogens (primary N) is 1. The zero-order valence-corrected chi connectivity index (χ0v) is 10.7. The lowest BCUT2D eigenvalue weighted by molar-refractivity contribution is -0.130. The number of amides is 1. The standard InChI is InChI=1S/C11H14Cl2N2O/c1-7(15(2)11(16)6-14)9-4-3-8(12)5-10(9)13/h3-5,7H,6,14H2,1-2H3. The minimum absolute atomic E-state index is 0.00789. The summed E-state index contributed by atoms with van der Waals surface area (Å²) in [5.74, 6) is -0.126. The van der Waals surface area contributed by atoms with Gasteiger partial charge in [0.1, 0.15) is 0 Å². The molecule has 2 N–H and O–H groups in total. The molecule has 1 aromatic carbocycles. The van der Waals surface area contributed by atoms with Gasteiger partial charge in [-0.05, 0) is 24.6 Å². The van der Waals surface area contributed by atoms with Crippen molar-refractivity contribution in [3.8, 4) is 0 Å². The Labute approximate surface area is 105 Å². The summed E-state index contributed by atoms with van der Waals surface area (Å²) in [6.45, 7) is 1.88. The Kier molecular flexibility index (Phi) is 4.59. The van der Waals surface area contributed by atoms with E-state index < -0.39 is 0 Å². The van der Waals surface area contributed by atoms with Crippen LogP contribution in [0.1, 0.15) is 18.5 Å². The van der Waals surface area contributed by atoms with Gasteiger partial charge in [-0.15, -0.1) is 0 Å². The maximum absolute atomic E-state index is 11.4. The number of benzene rings is 1. The Morgan fingerprint density at radius 2 is 2.12 bits per heavy atom. The van der Waals surface area contributed by atoms with Crippen LogP contribution in [0.5, 0.6) is 0 Å². The van der Waals surface area contributed by atoms with E-state index in [4.69, 9.17) is 28.9 Å². The van der Waals surface area contributed by atoms with Crippen LogP contribution in [0.4, 0.5) is 0 Å². The van der Waals surface area contributed by atoms with Crippen molar-refractivity contribution in [3.63, 3.8) is 0 Å². The number of carbonyl (C=O) groups excluding carboxylic acids is 1. The van der Waals surface area contributed by atoms with E-state index in [0.717, 1.165) is 5.56 Å². The lowest BCUT2D eigenvalue weighted by atomic mass is 10.1. The smallest absolute Gasteiger partial charge is 0.236 e. The molecule has 0 aromatic heterocycles. The number of halogens is 2. The van der Waals surface area contributed by atoms with Crippen molar-refractivity contribution in [2.24, 2.45) is 5.73 Å². The fourth-order valence-corrected chi connectivity index (χ4v) is 1.98. The summed E-state index contributed by atoms with van der Waals surface area (Å²) in [5.41, 5.74) is 6.16. The zero-order valence-electron chi connectivity index (χ0n) is 9.21. The average molecular weight is 261 g/mol. The molecule has 0 aliphatic carbocycles. The first-order chi connectivity index (χ1) is 7.47. The topological polar surface area (TPSA) is 46.3 Å². The Hall–Kier alpha value is -0.770. The minimum atomic E-state index is -0.126. The summed E-state index contributed by atoms with van der Waals surface area (Å²) in [7, 11) is 1.70. The summed E-state index contributed by atoms with van der Waals surface area (Å²) < 4.78 is 0. The normalized spacial score (nSPS) is 12.3. The number of nitrogens with zero attached hydrogens (tertiary/aromatic N) is 1. The molecule has 0 radical (unpaired) electrons. The molecule has 1 atom stereocenters. The predicted octanol–water partition coefficient (Wildman–Crippen LogP) is 2.47. The monoisotopic (exact) mass is 260 g/mol. The van der Waals surface area contributed by atoms with Gasteiger partial charge in [-0.25, -0.2) is 0 Å². The van der Waals surface area contributed by atoms with E-state index in [2.05, 4.69) is 0 Å². The van der Waals surface area contributed by atoms with Crippen LogP contribution < -0.4 is 5.73 Å². The lowest BCUT2D eigenvalue weighted by Crippen LogP contribution is -2.34. The highest BCUT2D eigenvalue weighted by Crippen LogP contribution is 2.28. The first kappa shape index (κ1) is 13.3. The molecule has 1 aromatic rings. The molecule has 0 spiro atoms. The zero-order chi connectivity index (χ0) is 12.3. The van der Waals surface area contributed by atoms with Crippen LogP contribution >= 0.6 is 23.2 Å². The molecular formula is C11H14Cl2N2O. The Bertz CT molecular complexity index is 396. The molecule has 16 heavy (non-hydrogen) atoms. The molecule has 1 rings (SSSR count). The van der Waals surface area contributed by atoms with Crippen molar-refractivity contribution < 1.29 is 4.79 Å². The summed E-state index contributed by atoms with van der Waals surface area (Å²) in [6.07, 6.45) is 0. The summed E-state index contributed by atoms with van der Waals surface area (Å²) in [4.78, 5) is 13.0. The second-order valence-corrected chi connectivity index (χ2v) is 4.39. The molecular weight excluding hydrogens is 247 g/mol. The van der Waals surface area contributed by atoms with Gasteiger partial charge in [0.25, 0.3) is 0 Å². The summed E-state index contributed by atoms with van der Waals surface area (Å²) >= 11 is 11.9. The highest BCUT2D eigenvalue weighted by Gasteiger charge is 2.18. The van der Waals surface area contributed by atoms with Crippen LogP contribution in [0, 0.1) is 0 Å². The van der Waals surface area contributed by atoms with E-state index >= 15 is 0 Å². The van der Waals surface area contributed by atoms with E-state index in [1.807, 2.05) is 13.0 Å².